The number of hydrogen-bond acceptors (Lipinski definition) is 4. The number of primary sulfonamides is 1. The van der Waals surface area contributed by atoms with Gasteiger partial charge in [-0.2, -0.15) is 5.10 Å². The van der Waals surface area contributed by atoms with E-state index in [2.05, 4.69) is 5.10 Å². The Labute approximate surface area is 98.4 Å². The van der Waals surface area contributed by atoms with Gasteiger partial charge in [0, 0.05) is 0 Å². The summed E-state index contributed by atoms with van der Waals surface area (Å²) in [6.07, 6.45) is 1.40. The van der Waals surface area contributed by atoms with E-state index in [0.29, 0.717) is 11.4 Å². The van der Waals surface area contributed by atoms with E-state index in [-0.39, 0.29) is 10.6 Å². The first kappa shape index (κ1) is 11.6. The second-order valence-electron chi connectivity index (χ2n) is 3.59. The van der Waals surface area contributed by atoms with Crippen LogP contribution in [0.5, 0.6) is 5.75 Å². The Bertz CT molecular complexity index is 642. The van der Waals surface area contributed by atoms with Crippen LogP contribution in [0.3, 0.4) is 0 Å². The number of nitrogens with two attached hydrogens (primary N) is 1. The van der Waals surface area contributed by atoms with Gasteiger partial charge >= 0.3 is 0 Å². The number of aryl methyl sites for hydroxylation is 1. The summed E-state index contributed by atoms with van der Waals surface area (Å²) in [4.78, 5) is 0.00245. The van der Waals surface area contributed by atoms with Crippen molar-refractivity contribution in [2.24, 2.45) is 5.14 Å². The van der Waals surface area contributed by atoms with Crippen molar-refractivity contribution < 1.29 is 13.5 Å². The average molecular weight is 253 g/mol. The summed E-state index contributed by atoms with van der Waals surface area (Å²) >= 11 is 0. The fraction of sp³-hybridized carbons (Fsp3) is 0.100. The van der Waals surface area contributed by atoms with Gasteiger partial charge in [-0.15, -0.1) is 0 Å². The molecule has 3 N–H and O–H groups in total. The van der Waals surface area contributed by atoms with Crippen molar-refractivity contribution in [2.75, 3.05) is 0 Å². The third-order valence-corrected chi connectivity index (χ3v) is 3.19. The van der Waals surface area contributed by atoms with Crippen LogP contribution < -0.4 is 5.14 Å². The average Bonchev–Trinajstić information content (AvgIpc) is 2.58. The molecule has 0 unspecified atom stereocenters. The van der Waals surface area contributed by atoms with Crippen molar-refractivity contribution in [3.63, 3.8) is 0 Å². The molecule has 0 atom stereocenters. The molecule has 17 heavy (non-hydrogen) atoms. The van der Waals surface area contributed by atoms with Gasteiger partial charge in [0.25, 0.3) is 0 Å². The molecule has 2 aromatic rings. The van der Waals surface area contributed by atoms with Gasteiger partial charge < -0.3 is 5.11 Å². The van der Waals surface area contributed by atoms with Crippen LogP contribution in [0.4, 0.5) is 0 Å². The van der Waals surface area contributed by atoms with Crippen LogP contribution in [0.25, 0.3) is 5.69 Å². The standard InChI is InChI=1S/C10H11N3O3S/c1-7-10(14)6-13(12-7)8-3-2-4-9(5-8)17(11,15)16/h2-6,14H,1H3,(H2,11,15,16). The van der Waals surface area contributed by atoms with Gasteiger partial charge in [-0.25, -0.2) is 18.2 Å². The highest BCUT2D eigenvalue weighted by Gasteiger charge is 2.10. The minimum atomic E-state index is -3.74. The van der Waals surface area contributed by atoms with Crippen LogP contribution in [-0.4, -0.2) is 23.3 Å². The molecule has 0 aliphatic rings. The monoisotopic (exact) mass is 253 g/mol. The number of aromatic hydroxyl groups is 1. The maximum Gasteiger partial charge on any atom is 0.238 e. The zero-order valence-corrected chi connectivity index (χ0v) is 9.85. The van der Waals surface area contributed by atoms with Crippen molar-refractivity contribution in [2.45, 2.75) is 11.8 Å². The van der Waals surface area contributed by atoms with Crippen LogP contribution in [0.15, 0.2) is 35.4 Å². The van der Waals surface area contributed by atoms with Gasteiger partial charge in [-0.1, -0.05) is 6.07 Å². The van der Waals surface area contributed by atoms with Crippen molar-refractivity contribution >= 4 is 10.0 Å². The van der Waals surface area contributed by atoms with Gasteiger partial charge in [0.05, 0.1) is 16.8 Å². The second kappa shape index (κ2) is 3.86. The molecule has 0 bridgehead atoms. The van der Waals surface area contributed by atoms with E-state index >= 15 is 0 Å². The maximum atomic E-state index is 11.2. The number of sulfonamides is 1. The minimum Gasteiger partial charge on any atom is -0.504 e. The summed E-state index contributed by atoms with van der Waals surface area (Å²) in [6.45, 7) is 1.65. The number of aromatic nitrogens is 2. The molecule has 6 nitrogen and oxygen atoms in total. The van der Waals surface area contributed by atoms with Crippen LogP contribution in [-0.2, 0) is 10.0 Å². The van der Waals surface area contributed by atoms with Gasteiger partial charge in [0.1, 0.15) is 5.69 Å². The van der Waals surface area contributed by atoms with Gasteiger partial charge in [0.2, 0.25) is 10.0 Å². The largest absolute Gasteiger partial charge is 0.504 e. The van der Waals surface area contributed by atoms with Crippen LogP contribution in [0, 0.1) is 6.92 Å². The van der Waals surface area contributed by atoms with E-state index in [0.717, 1.165) is 0 Å². The van der Waals surface area contributed by atoms with Gasteiger partial charge in [-0.05, 0) is 25.1 Å². The molecule has 0 saturated heterocycles. The van der Waals surface area contributed by atoms with E-state index in [1.54, 1.807) is 19.1 Å². The number of nitrogens with zero attached hydrogens (tertiary/aromatic N) is 2. The summed E-state index contributed by atoms with van der Waals surface area (Å²) in [5.74, 6) is 0.0472. The second-order valence-corrected chi connectivity index (χ2v) is 5.15. The third kappa shape index (κ3) is 2.29. The van der Waals surface area contributed by atoms with E-state index in [1.165, 1.54) is 23.0 Å². The minimum absolute atomic E-state index is 0.00245. The van der Waals surface area contributed by atoms with Gasteiger partial charge in [0.15, 0.2) is 5.75 Å². The van der Waals surface area contributed by atoms with E-state index < -0.39 is 10.0 Å². The van der Waals surface area contributed by atoms with Crippen molar-refractivity contribution in [1.29, 1.82) is 0 Å². The highest BCUT2D eigenvalue weighted by atomic mass is 32.2. The fourth-order valence-corrected chi connectivity index (χ4v) is 1.94. The van der Waals surface area contributed by atoms with Crippen LogP contribution in [0.2, 0.25) is 0 Å². The molecule has 0 radical (unpaired) electrons. The topological polar surface area (TPSA) is 98.2 Å². The number of hydrogen-bond donors (Lipinski definition) is 2. The predicted molar refractivity (Wildman–Crippen MR) is 61.3 cm³/mol. The summed E-state index contributed by atoms with van der Waals surface area (Å²) in [7, 11) is -3.74. The van der Waals surface area contributed by atoms with E-state index in [9.17, 15) is 13.5 Å². The Morgan fingerprint density at radius 3 is 2.65 bits per heavy atom. The number of benzene rings is 1. The fourth-order valence-electron chi connectivity index (χ4n) is 1.39. The molecule has 1 heterocycles. The molecule has 7 heteroatoms. The Balaban J connectivity index is 2.54. The molecular weight excluding hydrogens is 242 g/mol. The lowest BCUT2D eigenvalue weighted by Gasteiger charge is -2.03. The molecule has 1 aromatic heterocycles. The van der Waals surface area contributed by atoms with E-state index in [4.69, 9.17) is 5.14 Å². The first-order chi connectivity index (χ1) is 7.88. The number of rotatable bonds is 2. The normalized spacial score (nSPS) is 11.6. The Morgan fingerprint density at radius 1 is 1.41 bits per heavy atom. The maximum absolute atomic E-state index is 11.2. The highest BCUT2D eigenvalue weighted by molar-refractivity contribution is 7.89. The SMILES string of the molecule is Cc1nn(-c2cccc(S(N)(=O)=O)c2)cc1O. The molecule has 0 aliphatic heterocycles. The van der Waals surface area contributed by atoms with Crippen molar-refractivity contribution in [3.05, 3.63) is 36.2 Å². The molecule has 90 valence electrons. The quantitative estimate of drug-likeness (QED) is 0.815. The summed E-state index contributed by atoms with van der Waals surface area (Å²) in [6, 6.07) is 6.01. The van der Waals surface area contributed by atoms with Crippen molar-refractivity contribution in [3.8, 4) is 11.4 Å². The Kier molecular flexibility index (Phi) is 2.64. The van der Waals surface area contributed by atoms with Crippen molar-refractivity contribution in [1.82, 2.24) is 9.78 Å². The molecule has 0 spiro atoms. The summed E-state index contributed by atoms with van der Waals surface area (Å²) in [5.41, 5.74) is 0.978. The first-order valence-electron chi connectivity index (χ1n) is 4.76. The highest BCUT2D eigenvalue weighted by Crippen LogP contribution is 2.18. The Hall–Kier alpha value is -1.86. The molecule has 1 aromatic carbocycles. The molecule has 0 amide bonds. The van der Waals surface area contributed by atoms with Crippen LogP contribution in [0.1, 0.15) is 5.69 Å². The molecule has 0 fully saturated rings. The molecule has 0 saturated carbocycles. The zero-order valence-electron chi connectivity index (χ0n) is 9.03. The van der Waals surface area contributed by atoms with Crippen LogP contribution >= 0.6 is 0 Å². The summed E-state index contributed by atoms with van der Waals surface area (Å²) < 4.78 is 23.8. The van der Waals surface area contributed by atoms with E-state index in [1.807, 2.05) is 0 Å². The lowest BCUT2D eigenvalue weighted by molar-refractivity contribution is 0.471. The van der Waals surface area contributed by atoms with Gasteiger partial charge in [-0.3, -0.25) is 0 Å². The smallest absolute Gasteiger partial charge is 0.238 e. The molecular formula is C10H11N3O3S. The summed E-state index contributed by atoms with van der Waals surface area (Å²) in [5, 5.41) is 18.5. The first-order valence-corrected chi connectivity index (χ1v) is 6.31. The third-order valence-electron chi connectivity index (χ3n) is 2.28. The predicted octanol–water partition coefficient (Wildman–Crippen LogP) is 0.534. The molecule has 0 aliphatic carbocycles. The zero-order chi connectivity index (χ0) is 12.6. The Morgan fingerprint density at radius 2 is 2.12 bits per heavy atom. The lowest BCUT2D eigenvalue weighted by atomic mass is 10.3. The lowest BCUT2D eigenvalue weighted by Crippen LogP contribution is -2.12. The molecule has 2 rings (SSSR count).